The van der Waals surface area contributed by atoms with Crippen LogP contribution in [-0.2, 0) is 14.3 Å². The molecule has 0 aromatic heterocycles. The third kappa shape index (κ3) is 7.32. The second-order valence-electron chi connectivity index (χ2n) is 5.19. The van der Waals surface area contributed by atoms with Crippen molar-refractivity contribution in [2.24, 2.45) is 0 Å². The van der Waals surface area contributed by atoms with Gasteiger partial charge >= 0.3 is 12.0 Å². The molecule has 8 heteroatoms. The van der Waals surface area contributed by atoms with E-state index in [4.69, 9.17) is 21.1 Å². The Kier molecular flexibility index (Phi) is 8.05. The number of benzene rings is 1. The van der Waals surface area contributed by atoms with Crippen LogP contribution in [0.15, 0.2) is 18.2 Å². The summed E-state index contributed by atoms with van der Waals surface area (Å²) in [5, 5.41) is 5.22. The first-order chi connectivity index (χ1) is 11.3. The van der Waals surface area contributed by atoms with Crippen LogP contribution in [0.2, 0.25) is 5.02 Å². The van der Waals surface area contributed by atoms with Gasteiger partial charge in [0.05, 0.1) is 0 Å². The largest absolute Gasteiger partial charge is 0.482 e. The van der Waals surface area contributed by atoms with E-state index in [-0.39, 0.29) is 12.6 Å². The molecule has 0 aliphatic rings. The summed E-state index contributed by atoms with van der Waals surface area (Å²) in [6.07, 6.45) is 0.734. The third-order valence-electron chi connectivity index (χ3n) is 3.09. The number of hydrogen-bond acceptors (Lipinski definition) is 5. The second-order valence-corrected chi connectivity index (χ2v) is 5.60. The van der Waals surface area contributed by atoms with Gasteiger partial charge in [-0.05, 0) is 44.0 Å². The summed E-state index contributed by atoms with van der Waals surface area (Å²) in [6, 6.07) is 4.27. The number of carbonyl (C=O) groups is 3. The number of halogens is 1. The summed E-state index contributed by atoms with van der Waals surface area (Å²) in [6.45, 7) is 4.60. The molecule has 0 radical (unpaired) electrons. The maximum atomic E-state index is 11.5. The molecule has 0 spiro atoms. The fourth-order valence-corrected chi connectivity index (χ4v) is 1.68. The Labute approximate surface area is 145 Å². The van der Waals surface area contributed by atoms with Gasteiger partial charge in [-0.25, -0.2) is 9.59 Å². The fourth-order valence-electron chi connectivity index (χ4n) is 1.56. The topological polar surface area (TPSA) is 93.7 Å². The lowest BCUT2D eigenvalue weighted by atomic mass is 10.2. The van der Waals surface area contributed by atoms with Gasteiger partial charge in [-0.3, -0.25) is 10.1 Å². The molecule has 1 aromatic carbocycles. The number of urea groups is 1. The van der Waals surface area contributed by atoms with Crippen LogP contribution < -0.4 is 15.4 Å². The van der Waals surface area contributed by atoms with Crippen molar-refractivity contribution in [2.75, 3.05) is 13.2 Å². The fraction of sp³-hybridized carbons (Fsp3) is 0.438. The van der Waals surface area contributed by atoms with Gasteiger partial charge in [-0.1, -0.05) is 18.5 Å². The molecule has 0 unspecified atom stereocenters. The Bertz CT molecular complexity index is 606. The number of aryl methyl sites for hydroxylation is 1. The molecule has 0 heterocycles. The van der Waals surface area contributed by atoms with E-state index in [9.17, 15) is 14.4 Å². The van der Waals surface area contributed by atoms with Crippen molar-refractivity contribution in [3.63, 3.8) is 0 Å². The predicted molar refractivity (Wildman–Crippen MR) is 89.1 cm³/mol. The third-order valence-corrected chi connectivity index (χ3v) is 3.52. The van der Waals surface area contributed by atoms with E-state index in [1.165, 1.54) is 0 Å². The van der Waals surface area contributed by atoms with E-state index in [2.05, 4.69) is 10.6 Å². The number of imide groups is 1. The van der Waals surface area contributed by atoms with Crippen LogP contribution in [-0.4, -0.2) is 37.2 Å². The van der Waals surface area contributed by atoms with Gasteiger partial charge in [0.25, 0.3) is 5.91 Å². The van der Waals surface area contributed by atoms with Gasteiger partial charge in [0, 0.05) is 11.1 Å². The van der Waals surface area contributed by atoms with Gasteiger partial charge in [0.15, 0.2) is 13.2 Å². The molecule has 7 nitrogen and oxygen atoms in total. The number of carbonyl (C=O) groups excluding carboxylic acids is 3. The highest BCUT2D eigenvalue weighted by Gasteiger charge is 2.12. The molecule has 2 N–H and O–H groups in total. The van der Waals surface area contributed by atoms with Gasteiger partial charge in [0.2, 0.25) is 0 Å². The molecule has 0 aliphatic carbocycles. The number of hydrogen-bond donors (Lipinski definition) is 2. The summed E-state index contributed by atoms with van der Waals surface area (Å²) in [5.74, 6) is -0.974. The molecule has 0 aliphatic heterocycles. The van der Waals surface area contributed by atoms with Crippen LogP contribution in [0.4, 0.5) is 4.79 Å². The SMILES string of the molecule is CC[C@@H](C)NC(=O)NC(=O)COC(=O)COc1ccc(Cl)c(C)c1. The van der Waals surface area contributed by atoms with Gasteiger partial charge in [0.1, 0.15) is 5.75 Å². The minimum atomic E-state index is -0.722. The molecule has 1 rings (SSSR count). The van der Waals surface area contributed by atoms with E-state index in [1.807, 2.05) is 13.8 Å². The van der Waals surface area contributed by atoms with Gasteiger partial charge in [-0.15, -0.1) is 0 Å². The number of esters is 1. The standard InChI is InChI=1S/C16H21ClN2O5/c1-4-11(3)18-16(22)19-14(20)8-24-15(21)9-23-12-5-6-13(17)10(2)7-12/h5-7,11H,4,8-9H2,1-3H3,(H2,18,19,20,22)/t11-/m1/s1. The van der Waals surface area contributed by atoms with Crippen LogP contribution in [0.5, 0.6) is 5.75 Å². The quantitative estimate of drug-likeness (QED) is 0.730. The second kappa shape index (κ2) is 9.77. The lowest BCUT2D eigenvalue weighted by molar-refractivity contribution is -0.150. The van der Waals surface area contributed by atoms with Crippen molar-refractivity contribution in [1.82, 2.24) is 10.6 Å². The van der Waals surface area contributed by atoms with Gasteiger partial charge < -0.3 is 14.8 Å². The van der Waals surface area contributed by atoms with Crippen LogP contribution in [0, 0.1) is 6.92 Å². The normalized spacial score (nSPS) is 11.3. The number of rotatable bonds is 7. The Morgan fingerprint density at radius 2 is 1.96 bits per heavy atom. The summed E-state index contributed by atoms with van der Waals surface area (Å²) in [7, 11) is 0. The summed E-state index contributed by atoms with van der Waals surface area (Å²) >= 11 is 5.89. The minimum Gasteiger partial charge on any atom is -0.482 e. The summed E-state index contributed by atoms with van der Waals surface area (Å²) < 4.78 is 9.97. The molecule has 1 atom stereocenters. The number of ether oxygens (including phenoxy) is 2. The molecule has 0 fully saturated rings. The number of nitrogens with one attached hydrogen (secondary N) is 2. The first-order valence-electron chi connectivity index (χ1n) is 7.46. The van der Waals surface area contributed by atoms with E-state index < -0.39 is 24.5 Å². The minimum absolute atomic E-state index is 0.0587. The predicted octanol–water partition coefficient (Wildman–Crippen LogP) is 2.19. The molecular weight excluding hydrogens is 336 g/mol. The van der Waals surface area contributed by atoms with E-state index in [0.29, 0.717) is 10.8 Å². The number of amides is 3. The van der Waals surface area contributed by atoms with E-state index in [1.54, 1.807) is 25.1 Å². The zero-order chi connectivity index (χ0) is 18.1. The van der Waals surface area contributed by atoms with E-state index >= 15 is 0 Å². The van der Waals surface area contributed by atoms with Crippen molar-refractivity contribution in [1.29, 1.82) is 0 Å². The maximum absolute atomic E-state index is 11.5. The van der Waals surface area contributed by atoms with E-state index in [0.717, 1.165) is 12.0 Å². The summed E-state index contributed by atoms with van der Waals surface area (Å²) in [5.41, 5.74) is 0.814. The summed E-state index contributed by atoms with van der Waals surface area (Å²) in [4.78, 5) is 34.4. The molecular formula is C16H21ClN2O5. The molecule has 1 aromatic rings. The molecule has 24 heavy (non-hydrogen) atoms. The molecule has 0 saturated carbocycles. The highest BCUT2D eigenvalue weighted by Crippen LogP contribution is 2.20. The van der Waals surface area contributed by atoms with Crippen molar-refractivity contribution in [3.8, 4) is 5.75 Å². The first-order valence-corrected chi connectivity index (χ1v) is 7.84. The Balaban J connectivity index is 2.29. The van der Waals surface area contributed by atoms with Crippen molar-refractivity contribution in [2.45, 2.75) is 33.2 Å². The zero-order valence-electron chi connectivity index (χ0n) is 13.8. The van der Waals surface area contributed by atoms with Crippen LogP contribution in [0.25, 0.3) is 0 Å². The molecule has 3 amide bonds. The Morgan fingerprint density at radius 1 is 1.25 bits per heavy atom. The average Bonchev–Trinajstić information content (AvgIpc) is 2.53. The van der Waals surface area contributed by atoms with Crippen molar-refractivity contribution >= 4 is 29.5 Å². The van der Waals surface area contributed by atoms with Crippen molar-refractivity contribution < 1.29 is 23.9 Å². The lowest BCUT2D eigenvalue weighted by Gasteiger charge is -2.12. The van der Waals surface area contributed by atoms with Crippen LogP contribution in [0.3, 0.4) is 0 Å². The maximum Gasteiger partial charge on any atom is 0.344 e. The monoisotopic (exact) mass is 356 g/mol. The lowest BCUT2D eigenvalue weighted by Crippen LogP contribution is -2.44. The average molecular weight is 357 g/mol. The molecule has 0 bridgehead atoms. The Morgan fingerprint density at radius 3 is 2.58 bits per heavy atom. The highest BCUT2D eigenvalue weighted by molar-refractivity contribution is 6.31. The van der Waals surface area contributed by atoms with Crippen LogP contribution >= 0.6 is 11.6 Å². The van der Waals surface area contributed by atoms with Crippen molar-refractivity contribution in [3.05, 3.63) is 28.8 Å². The van der Waals surface area contributed by atoms with Gasteiger partial charge in [-0.2, -0.15) is 0 Å². The zero-order valence-corrected chi connectivity index (χ0v) is 14.6. The first kappa shape index (κ1) is 19.8. The highest BCUT2D eigenvalue weighted by atomic mass is 35.5. The van der Waals surface area contributed by atoms with Crippen LogP contribution in [0.1, 0.15) is 25.8 Å². The molecule has 0 saturated heterocycles. The molecule has 132 valence electrons. The smallest absolute Gasteiger partial charge is 0.344 e. The Hall–Kier alpha value is -2.28.